The van der Waals surface area contributed by atoms with Gasteiger partial charge in [0.25, 0.3) is 0 Å². The van der Waals surface area contributed by atoms with Crippen LogP contribution in [0.2, 0.25) is 0 Å². The predicted molar refractivity (Wildman–Crippen MR) is 60.9 cm³/mol. The molecule has 16 heavy (non-hydrogen) atoms. The highest BCUT2D eigenvalue weighted by Gasteiger charge is 2.07. The molecule has 2 aromatic rings. The zero-order valence-corrected chi connectivity index (χ0v) is 11.0. The Labute approximate surface area is 107 Å². The van der Waals surface area contributed by atoms with Crippen LogP contribution < -0.4 is 0 Å². The fraction of sp³-hybridized carbons (Fsp3) is 0.111. The molecule has 0 fully saturated rings. The van der Waals surface area contributed by atoms with Crippen molar-refractivity contribution >= 4 is 31.9 Å². The Kier molecular flexibility index (Phi) is 3.34. The van der Waals surface area contributed by atoms with E-state index < -0.39 is 11.6 Å². The van der Waals surface area contributed by atoms with Gasteiger partial charge in [0.15, 0.2) is 4.73 Å². The third-order valence-electron chi connectivity index (χ3n) is 1.86. The van der Waals surface area contributed by atoms with Crippen molar-refractivity contribution in [3.8, 4) is 0 Å². The van der Waals surface area contributed by atoms with Crippen LogP contribution in [0.3, 0.4) is 0 Å². The van der Waals surface area contributed by atoms with Crippen molar-refractivity contribution in [2.45, 2.75) is 6.54 Å². The van der Waals surface area contributed by atoms with Crippen LogP contribution >= 0.6 is 31.9 Å². The van der Waals surface area contributed by atoms with Gasteiger partial charge in [-0.3, -0.25) is 0 Å². The van der Waals surface area contributed by atoms with Crippen LogP contribution in [0.15, 0.2) is 27.7 Å². The van der Waals surface area contributed by atoms with E-state index in [2.05, 4.69) is 41.9 Å². The maximum absolute atomic E-state index is 12.9. The third kappa shape index (κ3) is 2.65. The molecule has 1 heterocycles. The quantitative estimate of drug-likeness (QED) is 0.831. The molecule has 0 saturated heterocycles. The molecule has 0 N–H and O–H groups in total. The number of hydrogen-bond donors (Lipinski definition) is 0. The Morgan fingerprint density at radius 1 is 1.12 bits per heavy atom. The highest BCUT2D eigenvalue weighted by Crippen LogP contribution is 2.15. The summed E-state index contributed by atoms with van der Waals surface area (Å²) in [6, 6.07) is 3.34. The molecule has 0 aliphatic rings. The lowest BCUT2D eigenvalue weighted by Crippen LogP contribution is -2.03. The molecule has 0 bridgehead atoms. The van der Waals surface area contributed by atoms with Gasteiger partial charge in [0, 0.05) is 6.07 Å². The summed E-state index contributed by atoms with van der Waals surface area (Å²) in [5.74, 6) is -1.21. The smallest absolute Gasteiger partial charge is 0.218 e. The van der Waals surface area contributed by atoms with Crippen LogP contribution in [-0.4, -0.2) is 14.8 Å². The van der Waals surface area contributed by atoms with Gasteiger partial charge in [-0.1, -0.05) is 0 Å². The molecule has 2 rings (SSSR count). The van der Waals surface area contributed by atoms with Crippen LogP contribution in [0, 0.1) is 11.6 Å². The van der Waals surface area contributed by atoms with Crippen molar-refractivity contribution in [1.29, 1.82) is 0 Å². The maximum atomic E-state index is 12.9. The van der Waals surface area contributed by atoms with Crippen LogP contribution in [0.25, 0.3) is 0 Å². The summed E-state index contributed by atoms with van der Waals surface area (Å²) in [6.45, 7) is 0.244. The van der Waals surface area contributed by atoms with Gasteiger partial charge in [-0.15, -0.1) is 5.10 Å². The van der Waals surface area contributed by atoms with Gasteiger partial charge in [0.1, 0.15) is 11.6 Å². The number of benzene rings is 1. The van der Waals surface area contributed by atoms with E-state index in [1.54, 1.807) is 0 Å². The predicted octanol–water partition coefficient (Wildman–Crippen LogP) is 3.13. The zero-order chi connectivity index (χ0) is 11.7. The van der Waals surface area contributed by atoms with Gasteiger partial charge in [-0.05, 0) is 49.6 Å². The average molecular weight is 353 g/mol. The topological polar surface area (TPSA) is 30.7 Å². The molecule has 0 radical (unpaired) electrons. The first-order valence-corrected chi connectivity index (χ1v) is 5.84. The van der Waals surface area contributed by atoms with Gasteiger partial charge in [-0.25, -0.2) is 13.5 Å². The van der Waals surface area contributed by atoms with Crippen molar-refractivity contribution < 1.29 is 8.78 Å². The first kappa shape index (κ1) is 11.7. The number of halogens is 4. The Morgan fingerprint density at radius 2 is 1.75 bits per heavy atom. The van der Waals surface area contributed by atoms with E-state index in [-0.39, 0.29) is 6.54 Å². The summed E-state index contributed by atoms with van der Waals surface area (Å²) in [7, 11) is 0. The van der Waals surface area contributed by atoms with E-state index in [1.807, 2.05) is 0 Å². The Morgan fingerprint density at radius 3 is 2.25 bits per heavy atom. The van der Waals surface area contributed by atoms with Crippen molar-refractivity contribution in [3.63, 3.8) is 0 Å². The second-order valence-corrected chi connectivity index (χ2v) is 4.50. The lowest BCUT2D eigenvalue weighted by atomic mass is 10.2. The van der Waals surface area contributed by atoms with Crippen molar-refractivity contribution in [2.75, 3.05) is 0 Å². The molecule has 0 saturated carbocycles. The summed E-state index contributed by atoms with van der Waals surface area (Å²) in [5, 5.41) is 4.00. The van der Waals surface area contributed by atoms with Crippen LogP contribution in [0.5, 0.6) is 0 Å². The van der Waals surface area contributed by atoms with Gasteiger partial charge < -0.3 is 0 Å². The van der Waals surface area contributed by atoms with Crippen LogP contribution in [0.4, 0.5) is 8.78 Å². The summed E-state index contributed by atoms with van der Waals surface area (Å²) in [6.07, 6.45) is 0. The molecular weight excluding hydrogens is 348 g/mol. The highest BCUT2D eigenvalue weighted by atomic mass is 79.9. The minimum atomic E-state index is -0.606. The number of hydrogen-bond acceptors (Lipinski definition) is 2. The molecule has 3 nitrogen and oxygen atoms in total. The lowest BCUT2D eigenvalue weighted by Gasteiger charge is -2.02. The first-order valence-electron chi connectivity index (χ1n) is 4.25. The SMILES string of the molecule is Fc1cc(F)cc(Cn2nc(Br)nc2Br)c1. The molecule has 0 atom stereocenters. The molecule has 1 aromatic heterocycles. The summed E-state index contributed by atoms with van der Waals surface area (Å²) >= 11 is 6.29. The van der Waals surface area contributed by atoms with E-state index in [9.17, 15) is 8.78 Å². The summed E-state index contributed by atoms with van der Waals surface area (Å²) in [4.78, 5) is 3.95. The van der Waals surface area contributed by atoms with E-state index >= 15 is 0 Å². The van der Waals surface area contributed by atoms with E-state index in [0.717, 1.165) is 6.07 Å². The molecule has 0 aliphatic heterocycles. The fourth-order valence-electron chi connectivity index (χ4n) is 1.27. The zero-order valence-electron chi connectivity index (χ0n) is 7.79. The maximum Gasteiger partial charge on any atom is 0.218 e. The second kappa shape index (κ2) is 4.58. The largest absolute Gasteiger partial charge is 0.235 e. The first-order chi connectivity index (χ1) is 7.54. The third-order valence-corrected chi connectivity index (χ3v) is 2.78. The van der Waals surface area contributed by atoms with E-state index in [4.69, 9.17) is 0 Å². The standard InChI is InChI=1S/C9H5Br2F2N3/c10-8-14-9(11)16(15-8)4-5-1-6(12)3-7(13)2-5/h1-3H,4H2. The Bertz CT molecular complexity index is 507. The van der Waals surface area contributed by atoms with Gasteiger partial charge in [0.2, 0.25) is 4.73 Å². The molecule has 0 unspecified atom stereocenters. The highest BCUT2D eigenvalue weighted by molar-refractivity contribution is 9.11. The Hall–Kier alpha value is -0.820. The van der Waals surface area contributed by atoms with Gasteiger partial charge >= 0.3 is 0 Å². The van der Waals surface area contributed by atoms with Crippen molar-refractivity contribution in [2.24, 2.45) is 0 Å². The molecular formula is C9H5Br2F2N3. The van der Waals surface area contributed by atoms with Crippen molar-refractivity contribution in [1.82, 2.24) is 14.8 Å². The Balaban J connectivity index is 2.30. The number of nitrogens with zero attached hydrogens (tertiary/aromatic N) is 3. The molecule has 84 valence electrons. The average Bonchev–Trinajstić information content (AvgIpc) is 2.43. The van der Waals surface area contributed by atoms with Crippen LogP contribution in [0.1, 0.15) is 5.56 Å². The molecule has 0 spiro atoms. The van der Waals surface area contributed by atoms with Crippen LogP contribution in [-0.2, 0) is 6.54 Å². The lowest BCUT2D eigenvalue weighted by molar-refractivity contribution is 0.573. The molecule has 0 aliphatic carbocycles. The summed E-state index contributed by atoms with van der Waals surface area (Å²) in [5.41, 5.74) is 0.482. The summed E-state index contributed by atoms with van der Waals surface area (Å²) < 4.78 is 28.2. The number of rotatable bonds is 2. The monoisotopic (exact) mass is 351 g/mol. The van der Waals surface area contributed by atoms with Gasteiger partial charge in [0.05, 0.1) is 6.54 Å². The normalized spacial score (nSPS) is 10.8. The number of aromatic nitrogens is 3. The van der Waals surface area contributed by atoms with Gasteiger partial charge in [-0.2, -0.15) is 4.98 Å². The fourth-order valence-corrected chi connectivity index (χ4v) is 2.24. The van der Waals surface area contributed by atoms with Crippen molar-refractivity contribution in [3.05, 3.63) is 44.9 Å². The van der Waals surface area contributed by atoms with E-state index in [0.29, 0.717) is 15.0 Å². The van der Waals surface area contributed by atoms with E-state index in [1.165, 1.54) is 16.8 Å². The minimum Gasteiger partial charge on any atom is -0.235 e. The minimum absolute atomic E-state index is 0.244. The molecule has 7 heteroatoms. The molecule has 0 amide bonds. The second-order valence-electron chi connectivity index (χ2n) is 3.09. The molecule has 1 aromatic carbocycles.